The molecule has 3 heteroatoms. The van der Waals surface area contributed by atoms with E-state index in [4.69, 9.17) is 11.6 Å². The number of halogens is 1. The van der Waals surface area contributed by atoms with E-state index in [9.17, 15) is 0 Å². The first-order valence-electron chi connectivity index (χ1n) is 5.73. The summed E-state index contributed by atoms with van der Waals surface area (Å²) in [5.74, 6) is 0.731. The zero-order chi connectivity index (χ0) is 11.0. The highest BCUT2D eigenvalue weighted by atomic mass is 35.5. The van der Waals surface area contributed by atoms with Crippen molar-refractivity contribution in [3.05, 3.63) is 34.2 Å². The Bertz CT molecular complexity index is 500. The van der Waals surface area contributed by atoms with E-state index in [1.807, 2.05) is 23.5 Å². The third-order valence-electron chi connectivity index (χ3n) is 3.27. The first kappa shape index (κ1) is 10.6. The van der Waals surface area contributed by atoms with Crippen LogP contribution in [0.2, 0.25) is 5.02 Å². The molecule has 3 rings (SSSR count). The molecule has 1 aromatic heterocycles. The lowest BCUT2D eigenvalue weighted by molar-refractivity contribution is 0.465. The van der Waals surface area contributed by atoms with Crippen LogP contribution in [-0.4, -0.2) is 13.1 Å². The van der Waals surface area contributed by atoms with Crippen molar-refractivity contribution in [1.82, 2.24) is 5.32 Å². The Morgan fingerprint density at radius 1 is 1.25 bits per heavy atom. The van der Waals surface area contributed by atoms with Gasteiger partial charge in [0.25, 0.3) is 0 Å². The standard InChI is InChI=1S/C13H14ClNS/c14-11-2-1-3-12-10(11)8-13(16-12)9-4-6-15-7-5-9/h1-3,8-9,15H,4-7H2. The van der Waals surface area contributed by atoms with E-state index in [2.05, 4.69) is 17.4 Å². The summed E-state index contributed by atoms with van der Waals surface area (Å²) in [7, 11) is 0. The van der Waals surface area contributed by atoms with Crippen molar-refractivity contribution in [2.24, 2.45) is 0 Å². The van der Waals surface area contributed by atoms with Crippen LogP contribution in [0, 0.1) is 0 Å². The van der Waals surface area contributed by atoms with E-state index in [1.165, 1.54) is 27.8 Å². The summed E-state index contributed by atoms with van der Waals surface area (Å²) in [4.78, 5) is 1.50. The second-order valence-electron chi connectivity index (χ2n) is 4.32. The second kappa shape index (κ2) is 4.36. The molecular formula is C13H14ClNS. The summed E-state index contributed by atoms with van der Waals surface area (Å²) in [6.45, 7) is 2.29. The maximum atomic E-state index is 6.20. The zero-order valence-corrected chi connectivity index (χ0v) is 10.6. The molecule has 1 aromatic carbocycles. The third-order valence-corrected chi connectivity index (χ3v) is 4.86. The Morgan fingerprint density at radius 3 is 2.81 bits per heavy atom. The molecule has 0 atom stereocenters. The molecule has 2 heterocycles. The average molecular weight is 252 g/mol. The molecule has 2 aromatic rings. The van der Waals surface area contributed by atoms with Crippen LogP contribution < -0.4 is 5.32 Å². The van der Waals surface area contributed by atoms with Gasteiger partial charge in [0.05, 0.1) is 0 Å². The number of fused-ring (bicyclic) bond motifs is 1. The Labute approximate surface area is 104 Å². The summed E-state index contributed by atoms with van der Waals surface area (Å²) >= 11 is 8.11. The maximum Gasteiger partial charge on any atom is 0.0492 e. The monoisotopic (exact) mass is 251 g/mol. The van der Waals surface area contributed by atoms with E-state index >= 15 is 0 Å². The lowest BCUT2D eigenvalue weighted by Crippen LogP contribution is -2.26. The Balaban J connectivity index is 2.01. The number of hydrogen-bond donors (Lipinski definition) is 1. The summed E-state index contributed by atoms with van der Waals surface area (Å²) in [5.41, 5.74) is 0. The highest BCUT2D eigenvalue weighted by Crippen LogP contribution is 2.37. The molecule has 0 unspecified atom stereocenters. The molecule has 1 aliphatic heterocycles. The van der Waals surface area contributed by atoms with E-state index in [0.717, 1.165) is 24.0 Å². The van der Waals surface area contributed by atoms with Gasteiger partial charge >= 0.3 is 0 Å². The van der Waals surface area contributed by atoms with Crippen LogP contribution in [0.15, 0.2) is 24.3 Å². The first-order valence-corrected chi connectivity index (χ1v) is 6.93. The molecular weight excluding hydrogens is 238 g/mol. The van der Waals surface area contributed by atoms with E-state index < -0.39 is 0 Å². The van der Waals surface area contributed by atoms with E-state index in [1.54, 1.807) is 0 Å². The van der Waals surface area contributed by atoms with Gasteiger partial charge in [-0.05, 0) is 50.0 Å². The van der Waals surface area contributed by atoms with Gasteiger partial charge in [0.15, 0.2) is 0 Å². The normalized spacial score (nSPS) is 18.1. The molecule has 0 spiro atoms. The van der Waals surface area contributed by atoms with Gasteiger partial charge in [0.2, 0.25) is 0 Å². The molecule has 1 fully saturated rings. The van der Waals surface area contributed by atoms with Crippen molar-refractivity contribution in [2.45, 2.75) is 18.8 Å². The highest BCUT2D eigenvalue weighted by Gasteiger charge is 2.17. The van der Waals surface area contributed by atoms with Gasteiger partial charge in [-0.15, -0.1) is 11.3 Å². The Kier molecular flexibility index (Phi) is 2.88. The lowest BCUT2D eigenvalue weighted by Gasteiger charge is -2.21. The van der Waals surface area contributed by atoms with Crippen molar-refractivity contribution in [3.8, 4) is 0 Å². The minimum atomic E-state index is 0.731. The van der Waals surface area contributed by atoms with E-state index in [-0.39, 0.29) is 0 Å². The van der Waals surface area contributed by atoms with Crippen LogP contribution in [-0.2, 0) is 0 Å². The van der Waals surface area contributed by atoms with Crippen molar-refractivity contribution in [2.75, 3.05) is 13.1 Å². The van der Waals surface area contributed by atoms with Gasteiger partial charge in [-0.2, -0.15) is 0 Å². The molecule has 0 radical (unpaired) electrons. The molecule has 1 N–H and O–H groups in total. The van der Waals surface area contributed by atoms with Gasteiger partial charge in [-0.3, -0.25) is 0 Å². The molecule has 0 bridgehead atoms. The molecule has 1 nitrogen and oxygen atoms in total. The number of benzene rings is 1. The highest BCUT2D eigenvalue weighted by molar-refractivity contribution is 7.19. The fourth-order valence-corrected chi connectivity index (χ4v) is 3.90. The molecule has 16 heavy (non-hydrogen) atoms. The zero-order valence-electron chi connectivity index (χ0n) is 9.00. The first-order chi connectivity index (χ1) is 7.84. The van der Waals surface area contributed by atoms with Gasteiger partial charge in [0, 0.05) is 20.0 Å². The second-order valence-corrected chi connectivity index (χ2v) is 5.85. The quantitative estimate of drug-likeness (QED) is 0.807. The fourth-order valence-electron chi connectivity index (χ4n) is 2.35. The molecule has 1 aliphatic rings. The van der Waals surface area contributed by atoms with Crippen molar-refractivity contribution in [3.63, 3.8) is 0 Å². The topological polar surface area (TPSA) is 12.0 Å². The number of thiophene rings is 1. The summed E-state index contributed by atoms with van der Waals surface area (Å²) < 4.78 is 1.32. The van der Waals surface area contributed by atoms with Crippen LogP contribution in [0.5, 0.6) is 0 Å². The number of rotatable bonds is 1. The fraction of sp³-hybridized carbons (Fsp3) is 0.385. The Hall–Kier alpha value is -0.570. The average Bonchev–Trinajstić information content (AvgIpc) is 2.76. The molecule has 0 saturated carbocycles. The predicted molar refractivity (Wildman–Crippen MR) is 71.7 cm³/mol. The minimum absolute atomic E-state index is 0.731. The van der Waals surface area contributed by atoms with E-state index in [0.29, 0.717) is 0 Å². The molecule has 1 saturated heterocycles. The van der Waals surface area contributed by atoms with Crippen molar-refractivity contribution in [1.29, 1.82) is 0 Å². The van der Waals surface area contributed by atoms with Gasteiger partial charge in [-0.25, -0.2) is 0 Å². The summed E-state index contributed by atoms with van der Waals surface area (Å²) in [6, 6.07) is 8.46. The van der Waals surface area contributed by atoms with Gasteiger partial charge in [-0.1, -0.05) is 17.7 Å². The van der Waals surface area contributed by atoms with Crippen molar-refractivity contribution < 1.29 is 0 Å². The Morgan fingerprint density at radius 2 is 2.06 bits per heavy atom. The molecule has 0 aliphatic carbocycles. The lowest BCUT2D eigenvalue weighted by atomic mass is 9.96. The van der Waals surface area contributed by atoms with Crippen LogP contribution in [0.3, 0.4) is 0 Å². The number of hydrogen-bond acceptors (Lipinski definition) is 2. The van der Waals surface area contributed by atoms with Gasteiger partial charge in [0.1, 0.15) is 0 Å². The third kappa shape index (κ3) is 1.86. The van der Waals surface area contributed by atoms with Crippen LogP contribution >= 0.6 is 22.9 Å². The van der Waals surface area contributed by atoms with Crippen LogP contribution in [0.4, 0.5) is 0 Å². The summed E-state index contributed by atoms with van der Waals surface area (Å²) in [6.07, 6.45) is 2.51. The van der Waals surface area contributed by atoms with Crippen molar-refractivity contribution >= 4 is 33.0 Å². The minimum Gasteiger partial charge on any atom is -0.317 e. The predicted octanol–water partition coefficient (Wildman–Crippen LogP) is 4.02. The number of nitrogens with one attached hydrogen (secondary N) is 1. The number of piperidine rings is 1. The largest absolute Gasteiger partial charge is 0.317 e. The molecule has 0 amide bonds. The van der Waals surface area contributed by atoms with Crippen LogP contribution in [0.25, 0.3) is 10.1 Å². The maximum absolute atomic E-state index is 6.20. The molecule has 84 valence electrons. The summed E-state index contributed by atoms with van der Waals surface area (Å²) in [5, 5.41) is 5.52. The smallest absolute Gasteiger partial charge is 0.0492 e. The van der Waals surface area contributed by atoms with Crippen LogP contribution in [0.1, 0.15) is 23.6 Å². The SMILES string of the molecule is Clc1cccc2sc(C3CCNCC3)cc12. The van der Waals surface area contributed by atoms with Gasteiger partial charge < -0.3 is 5.32 Å².